The van der Waals surface area contributed by atoms with Crippen molar-refractivity contribution in [2.75, 3.05) is 42.8 Å². The molecule has 2 heterocycles. The number of ether oxygens (including phenoxy) is 3. The van der Waals surface area contributed by atoms with Crippen LogP contribution in [0.1, 0.15) is 13.8 Å². The Hall–Kier alpha value is -1.83. The van der Waals surface area contributed by atoms with E-state index in [2.05, 4.69) is 20.9 Å². The van der Waals surface area contributed by atoms with Gasteiger partial charge in [0, 0.05) is 21.9 Å². The van der Waals surface area contributed by atoms with Crippen molar-refractivity contribution in [3.63, 3.8) is 0 Å². The van der Waals surface area contributed by atoms with E-state index < -0.39 is 41.0 Å². The van der Waals surface area contributed by atoms with Gasteiger partial charge in [0.2, 0.25) is 0 Å². The number of carbonyl (C=O) groups is 2. The van der Waals surface area contributed by atoms with E-state index >= 15 is 0 Å². The van der Waals surface area contributed by atoms with Crippen LogP contribution in [0.25, 0.3) is 0 Å². The van der Waals surface area contributed by atoms with Crippen LogP contribution in [0, 0.1) is 0 Å². The van der Waals surface area contributed by atoms with Crippen molar-refractivity contribution in [2.45, 2.75) is 25.1 Å². The fraction of sp³-hybridized carbons (Fsp3) is 0.526. The third kappa shape index (κ3) is 5.74. The molecule has 0 spiro atoms. The number of amides is 1. The minimum Gasteiger partial charge on any atom is -0.490 e. The number of aliphatic imine (C=N–C) groups is 1. The SMILES string of the molecule is CCOc1cc(Br)c(N2C(=NC(=O)COCC(=O)O)S[C@H]3CS(=O)(=O)C[C@H]32)cc1OCC. The third-order valence-corrected chi connectivity index (χ3v) is 8.46. The van der Waals surface area contributed by atoms with Crippen molar-refractivity contribution in [1.29, 1.82) is 0 Å². The van der Waals surface area contributed by atoms with E-state index in [0.717, 1.165) is 0 Å². The number of aliphatic carboxylic acids is 1. The molecule has 13 heteroatoms. The van der Waals surface area contributed by atoms with Gasteiger partial charge in [-0.05, 0) is 29.8 Å². The van der Waals surface area contributed by atoms with Gasteiger partial charge in [-0.3, -0.25) is 4.79 Å². The summed E-state index contributed by atoms with van der Waals surface area (Å²) in [5, 5.41) is 8.69. The molecule has 0 aromatic heterocycles. The minimum absolute atomic E-state index is 0.0193. The second-order valence-electron chi connectivity index (χ2n) is 6.96. The molecule has 176 valence electrons. The van der Waals surface area contributed by atoms with E-state index in [1.54, 1.807) is 17.0 Å². The molecule has 1 amide bonds. The van der Waals surface area contributed by atoms with Crippen molar-refractivity contribution < 1.29 is 37.3 Å². The molecule has 10 nitrogen and oxygen atoms in total. The molecule has 32 heavy (non-hydrogen) atoms. The average Bonchev–Trinajstić information content (AvgIpc) is 3.15. The normalized spacial score (nSPS) is 22.7. The van der Waals surface area contributed by atoms with Crippen LogP contribution in [-0.4, -0.2) is 79.8 Å². The van der Waals surface area contributed by atoms with E-state index in [4.69, 9.17) is 19.3 Å². The summed E-state index contributed by atoms with van der Waals surface area (Å²) in [5.74, 6) is -0.926. The average molecular weight is 551 g/mol. The highest BCUT2D eigenvalue weighted by Gasteiger charge is 2.50. The van der Waals surface area contributed by atoms with Crippen LogP contribution >= 0.6 is 27.7 Å². The highest BCUT2D eigenvalue weighted by molar-refractivity contribution is 9.10. The van der Waals surface area contributed by atoms with Gasteiger partial charge in [0.05, 0.1) is 36.4 Å². The minimum atomic E-state index is -3.24. The fourth-order valence-corrected chi connectivity index (χ4v) is 7.89. The van der Waals surface area contributed by atoms with Gasteiger partial charge in [-0.1, -0.05) is 11.8 Å². The number of amidine groups is 1. The number of sulfone groups is 1. The van der Waals surface area contributed by atoms with Crippen LogP contribution in [0.5, 0.6) is 11.5 Å². The highest BCUT2D eigenvalue weighted by atomic mass is 79.9. The standard InChI is InChI=1S/C19H23BrN2O8S2/c1-3-29-14-5-11(20)12(6-15(14)30-4-2)22-13-9-32(26,27)10-16(13)31-19(22)21-17(23)7-28-8-18(24)25/h5-6,13,16H,3-4,7-10H2,1-2H3,(H,24,25)/t13-,16+/m1/s1. The maximum atomic E-state index is 12.3. The number of nitrogens with zero attached hydrogens (tertiary/aromatic N) is 2. The number of carboxylic acid groups (broad SMARTS) is 1. The Balaban J connectivity index is 1.98. The number of carboxylic acids is 1. The quantitative estimate of drug-likeness (QED) is 0.486. The van der Waals surface area contributed by atoms with Crippen molar-refractivity contribution in [3.05, 3.63) is 16.6 Å². The number of thioether (sulfide) groups is 1. The monoisotopic (exact) mass is 550 g/mol. The molecule has 0 aliphatic carbocycles. The van der Waals surface area contributed by atoms with Crippen LogP contribution in [0.4, 0.5) is 5.69 Å². The van der Waals surface area contributed by atoms with Crippen molar-refractivity contribution in [2.24, 2.45) is 4.99 Å². The number of anilines is 1. The van der Waals surface area contributed by atoms with Gasteiger partial charge in [-0.2, -0.15) is 4.99 Å². The van der Waals surface area contributed by atoms with Crippen LogP contribution in [0.3, 0.4) is 0 Å². The number of hydrogen-bond acceptors (Lipinski definition) is 8. The molecule has 1 aromatic rings. The topological polar surface area (TPSA) is 132 Å². The summed E-state index contributed by atoms with van der Waals surface area (Å²) < 4.78 is 41.3. The molecular weight excluding hydrogens is 528 g/mol. The molecule has 1 N–H and O–H groups in total. The number of fused-ring (bicyclic) bond motifs is 1. The van der Waals surface area contributed by atoms with Gasteiger partial charge in [-0.25, -0.2) is 13.2 Å². The molecule has 2 saturated heterocycles. The Labute approximate surface area is 198 Å². The summed E-state index contributed by atoms with van der Waals surface area (Å²) >= 11 is 4.73. The zero-order valence-corrected chi connectivity index (χ0v) is 20.7. The summed E-state index contributed by atoms with van der Waals surface area (Å²) in [6, 6.07) is 3.05. The number of halogens is 1. The lowest BCUT2D eigenvalue weighted by atomic mass is 10.2. The zero-order valence-electron chi connectivity index (χ0n) is 17.4. The van der Waals surface area contributed by atoms with E-state index in [0.29, 0.717) is 40.0 Å². The summed E-state index contributed by atoms with van der Waals surface area (Å²) in [4.78, 5) is 28.7. The lowest BCUT2D eigenvalue weighted by Gasteiger charge is -2.27. The maximum Gasteiger partial charge on any atom is 0.329 e. The van der Waals surface area contributed by atoms with Crippen molar-refractivity contribution in [3.8, 4) is 11.5 Å². The molecule has 3 rings (SSSR count). The van der Waals surface area contributed by atoms with Crippen molar-refractivity contribution in [1.82, 2.24) is 0 Å². The molecule has 0 saturated carbocycles. The smallest absolute Gasteiger partial charge is 0.329 e. The van der Waals surface area contributed by atoms with Gasteiger partial charge in [0.1, 0.15) is 13.2 Å². The molecule has 0 unspecified atom stereocenters. The summed E-state index contributed by atoms with van der Waals surface area (Å²) in [6.07, 6.45) is 0. The number of hydrogen-bond donors (Lipinski definition) is 1. The predicted molar refractivity (Wildman–Crippen MR) is 124 cm³/mol. The highest BCUT2D eigenvalue weighted by Crippen LogP contribution is 2.46. The van der Waals surface area contributed by atoms with Crippen LogP contribution < -0.4 is 14.4 Å². The Kier molecular flexibility index (Phi) is 8.06. The summed E-state index contributed by atoms with van der Waals surface area (Å²) in [7, 11) is -3.24. The van der Waals surface area contributed by atoms with Gasteiger partial charge in [0.15, 0.2) is 26.5 Å². The third-order valence-electron chi connectivity index (χ3n) is 4.61. The van der Waals surface area contributed by atoms with Gasteiger partial charge < -0.3 is 24.2 Å². The first-order valence-corrected chi connectivity index (χ1v) is 13.3. The summed E-state index contributed by atoms with van der Waals surface area (Å²) in [5.41, 5.74) is 0.590. The largest absolute Gasteiger partial charge is 0.490 e. The van der Waals surface area contributed by atoms with E-state index in [-0.39, 0.29) is 16.8 Å². The first-order valence-electron chi connectivity index (χ1n) is 9.81. The van der Waals surface area contributed by atoms with Gasteiger partial charge in [-0.15, -0.1) is 0 Å². The molecule has 1 aromatic carbocycles. The van der Waals surface area contributed by atoms with Crippen LogP contribution in [0.2, 0.25) is 0 Å². The van der Waals surface area contributed by atoms with E-state index in [9.17, 15) is 18.0 Å². The van der Waals surface area contributed by atoms with Crippen LogP contribution in [0.15, 0.2) is 21.6 Å². The molecule has 2 aliphatic heterocycles. The predicted octanol–water partition coefficient (Wildman–Crippen LogP) is 1.95. The van der Waals surface area contributed by atoms with Gasteiger partial charge >= 0.3 is 5.97 Å². The number of rotatable bonds is 9. The molecule has 2 atom stereocenters. The van der Waals surface area contributed by atoms with E-state index in [1.165, 1.54) is 11.8 Å². The Morgan fingerprint density at radius 3 is 2.47 bits per heavy atom. The Bertz CT molecular complexity index is 1030. The number of benzene rings is 1. The van der Waals surface area contributed by atoms with Crippen LogP contribution in [-0.2, 0) is 24.2 Å². The summed E-state index contributed by atoms with van der Waals surface area (Å²) in [6.45, 7) is 3.42. The Morgan fingerprint density at radius 1 is 1.19 bits per heavy atom. The van der Waals surface area contributed by atoms with Crippen molar-refractivity contribution >= 4 is 60.3 Å². The lowest BCUT2D eigenvalue weighted by Crippen LogP contribution is -2.38. The fourth-order valence-electron chi connectivity index (χ4n) is 3.46. The first-order chi connectivity index (χ1) is 15.1. The molecule has 2 aliphatic rings. The lowest BCUT2D eigenvalue weighted by molar-refractivity contribution is -0.143. The number of carbonyl (C=O) groups excluding carboxylic acids is 1. The zero-order chi connectivity index (χ0) is 23.5. The first kappa shape index (κ1) is 24.8. The molecule has 2 fully saturated rings. The Morgan fingerprint density at radius 2 is 1.84 bits per heavy atom. The molecule has 0 radical (unpaired) electrons. The van der Waals surface area contributed by atoms with Gasteiger partial charge in [0.25, 0.3) is 5.91 Å². The second-order valence-corrected chi connectivity index (χ2v) is 11.2. The molecule has 0 bridgehead atoms. The van der Waals surface area contributed by atoms with E-state index in [1.807, 2.05) is 13.8 Å². The molecular formula is C19H23BrN2O8S2. The second kappa shape index (κ2) is 10.4. The maximum absolute atomic E-state index is 12.3.